The SMILES string of the molecule is CCCCCCCCCCCCCCCC=CCCCc1ccccc1N=CC=Nc1ccccc1CCCC=CCCCCCCCCCCCCCCC.[Ni]. The van der Waals surface area contributed by atoms with Gasteiger partial charge in [-0.05, 0) is 87.5 Å². The summed E-state index contributed by atoms with van der Waals surface area (Å²) in [5.41, 5.74) is 4.77. The summed E-state index contributed by atoms with van der Waals surface area (Å²) >= 11 is 0. The summed E-state index contributed by atoms with van der Waals surface area (Å²) in [6, 6.07) is 17.2. The molecule has 0 unspecified atom stereocenters. The van der Waals surface area contributed by atoms with Gasteiger partial charge in [-0.2, -0.15) is 0 Å². The van der Waals surface area contributed by atoms with Gasteiger partial charge in [0.1, 0.15) is 0 Å². The smallest absolute Gasteiger partial charge is 0.0662 e. The molecule has 2 nitrogen and oxygen atoms in total. The largest absolute Gasteiger partial charge is 0.255 e. The Morgan fingerprint density at radius 2 is 0.596 bits per heavy atom. The number of hydrogen-bond acceptors (Lipinski definition) is 2. The van der Waals surface area contributed by atoms with Gasteiger partial charge in [0.15, 0.2) is 0 Å². The summed E-state index contributed by atoms with van der Waals surface area (Å²) in [5.74, 6) is 0. The Hall–Kier alpha value is -2.25. The van der Waals surface area contributed by atoms with Gasteiger partial charge in [0.25, 0.3) is 0 Å². The van der Waals surface area contributed by atoms with E-state index in [9.17, 15) is 0 Å². The molecule has 2 aromatic carbocycles. The minimum Gasteiger partial charge on any atom is -0.255 e. The topological polar surface area (TPSA) is 24.7 Å². The van der Waals surface area contributed by atoms with Crippen LogP contribution in [0, 0.1) is 0 Å². The maximum absolute atomic E-state index is 4.80. The molecule has 57 heavy (non-hydrogen) atoms. The molecule has 0 saturated carbocycles. The van der Waals surface area contributed by atoms with Gasteiger partial charge in [-0.1, -0.05) is 229 Å². The second kappa shape index (κ2) is 41.9. The molecule has 0 atom stereocenters. The standard InChI is InChI=1S/C54H88N2.Ni/c1-3-5-7-9-11-13-15-17-19-21-23-25-27-29-31-33-35-37-43-51-45-39-41-47-53(51)55-49-50-56-54-48-42-40-46-52(54)44-38-36-34-32-30-28-26-24-22-20-18-16-14-12-10-8-6-4-2;/h31-34,39-42,45-50H,3-30,35-38,43-44H2,1-2H3;. The maximum Gasteiger partial charge on any atom is 0.0662 e. The van der Waals surface area contributed by atoms with E-state index in [0.29, 0.717) is 0 Å². The van der Waals surface area contributed by atoms with Crippen molar-refractivity contribution in [2.24, 2.45) is 9.98 Å². The van der Waals surface area contributed by atoms with Crippen LogP contribution in [-0.4, -0.2) is 12.4 Å². The average molecular weight is 824 g/mol. The number of rotatable bonds is 39. The van der Waals surface area contributed by atoms with E-state index in [2.05, 4.69) is 86.7 Å². The van der Waals surface area contributed by atoms with E-state index in [1.807, 2.05) is 12.4 Å². The van der Waals surface area contributed by atoms with E-state index in [1.165, 1.54) is 191 Å². The molecule has 0 N–H and O–H groups in total. The summed E-state index contributed by atoms with van der Waals surface area (Å²) in [7, 11) is 0. The molecule has 0 aromatic heterocycles. The van der Waals surface area contributed by atoms with Crippen LogP contribution < -0.4 is 0 Å². The third kappa shape index (κ3) is 32.3. The molecule has 0 aliphatic rings. The number of aliphatic imine (C=N–C) groups is 2. The quantitative estimate of drug-likeness (QED) is 0.0278. The predicted octanol–water partition coefficient (Wildman–Crippen LogP) is 18.5. The molecule has 0 spiro atoms. The summed E-state index contributed by atoms with van der Waals surface area (Å²) in [6.45, 7) is 4.60. The Bertz CT molecular complexity index is 1160. The van der Waals surface area contributed by atoms with Gasteiger partial charge >= 0.3 is 0 Å². The molecule has 2 aromatic rings. The first-order chi connectivity index (χ1) is 27.8. The van der Waals surface area contributed by atoms with E-state index in [1.54, 1.807) is 0 Å². The van der Waals surface area contributed by atoms with E-state index >= 15 is 0 Å². The Kier molecular flexibility index (Phi) is 38.8. The van der Waals surface area contributed by atoms with Crippen molar-refractivity contribution in [3.8, 4) is 0 Å². The molecular weight excluding hydrogens is 735 g/mol. The zero-order chi connectivity index (χ0) is 39.7. The number of aryl methyl sites for hydroxylation is 2. The van der Waals surface area contributed by atoms with E-state index < -0.39 is 0 Å². The van der Waals surface area contributed by atoms with Gasteiger partial charge in [-0.3, -0.25) is 9.98 Å². The molecule has 0 fully saturated rings. The first-order valence-electron chi connectivity index (χ1n) is 24.4. The number of nitrogens with zero attached hydrogens (tertiary/aromatic N) is 2. The van der Waals surface area contributed by atoms with Crippen molar-refractivity contribution in [2.45, 2.75) is 232 Å². The summed E-state index contributed by atoms with van der Waals surface area (Å²) in [6.07, 6.45) is 59.5. The molecule has 3 heteroatoms. The number of allylic oxidation sites excluding steroid dienone is 4. The van der Waals surface area contributed by atoms with Gasteiger partial charge in [0, 0.05) is 28.9 Å². The second-order valence-electron chi connectivity index (χ2n) is 16.6. The monoisotopic (exact) mass is 823 g/mol. The van der Waals surface area contributed by atoms with Gasteiger partial charge in [-0.15, -0.1) is 0 Å². The van der Waals surface area contributed by atoms with Crippen LogP contribution >= 0.6 is 0 Å². The minimum atomic E-state index is 0. The molecule has 0 saturated heterocycles. The van der Waals surface area contributed by atoms with Crippen molar-refractivity contribution in [3.05, 3.63) is 84.0 Å². The molecular formula is C54H88N2Ni. The number of hydrogen-bond donors (Lipinski definition) is 0. The molecule has 324 valence electrons. The Morgan fingerprint density at radius 3 is 0.912 bits per heavy atom. The second-order valence-corrected chi connectivity index (χ2v) is 16.6. The molecule has 0 aliphatic heterocycles. The molecule has 0 bridgehead atoms. The van der Waals surface area contributed by atoms with Crippen LogP contribution in [0.15, 0.2) is 82.8 Å². The van der Waals surface area contributed by atoms with Crippen LogP contribution in [0.3, 0.4) is 0 Å². The Labute approximate surface area is 364 Å². The first kappa shape index (κ1) is 52.8. The third-order valence-corrected chi connectivity index (χ3v) is 11.4. The van der Waals surface area contributed by atoms with Gasteiger partial charge in [0.05, 0.1) is 11.4 Å². The number of benzene rings is 2. The van der Waals surface area contributed by atoms with Crippen LogP contribution in [-0.2, 0) is 29.3 Å². The Morgan fingerprint density at radius 1 is 0.333 bits per heavy atom. The van der Waals surface area contributed by atoms with E-state index in [4.69, 9.17) is 9.98 Å². The fourth-order valence-corrected chi connectivity index (χ4v) is 7.78. The average Bonchev–Trinajstić information content (AvgIpc) is 3.22. The van der Waals surface area contributed by atoms with E-state index in [-0.39, 0.29) is 16.5 Å². The van der Waals surface area contributed by atoms with Crippen LogP contribution in [0.25, 0.3) is 0 Å². The number of para-hydroxylation sites is 2. The van der Waals surface area contributed by atoms with Crippen molar-refractivity contribution >= 4 is 23.8 Å². The van der Waals surface area contributed by atoms with Crippen LogP contribution in [0.1, 0.15) is 230 Å². The maximum atomic E-state index is 4.80. The van der Waals surface area contributed by atoms with Crippen molar-refractivity contribution in [2.75, 3.05) is 0 Å². The zero-order valence-corrected chi connectivity index (χ0v) is 38.3. The van der Waals surface area contributed by atoms with Crippen molar-refractivity contribution in [1.82, 2.24) is 0 Å². The van der Waals surface area contributed by atoms with Crippen molar-refractivity contribution in [1.29, 1.82) is 0 Å². The number of unbranched alkanes of at least 4 members (excludes halogenated alkanes) is 28. The summed E-state index contributed by atoms with van der Waals surface area (Å²) < 4.78 is 0. The van der Waals surface area contributed by atoms with Gasteiger partial charge in [-0.25, -0.2) is 0 Å². The molecule has 0 radical (unpaired) electrons. The zero-order valence-electron chi connectivity index (χ0n) is 37.3. The van der Waals surface area contributed by atoms with Crippen molar-refractivity contribution in [3.63, 3.8) is 0 Å². The van der Waals surface area contributed by atoms with Crippen molar-refractivity contribution < 1.29 is 16.5 Å². The predicted molar refractivity (Wildman–Crippen MR) is 254 cm³/mol. The van der Waals surface area contributed by atoms with Gasteiger partial charge in [0.2, 0.25) is 0 Å². The molecule has 2 rings (SSSR count). The minimum absolute atomic E-state index is 0. The van der Waals surface area contributed by atoms with Gasteiger partial charge < -0.3 is 0 Å². The molecule has 0 aliphatic carbocycles. The van der Waals surface area contributed by atoms with E-state index in [0.717, 1.165) is 49.9 Å². The first-order valence-corrected chi connectivity index (χ1v) is 24.4. The summed E-state index contributed by atoms with van der Waals surface area (Å²) in [5, 5.41) is 0. The Balaban J connectivity index is 0.0000162. The third-order valence-electron chi connectivity index (χ3n) is 11.4. The fourth-order valence-electron chi connectivity index (χ4n) is 7.78. The van der Waals surface area contributed by atoms with Crippen LogP contribution in [0.2, 0.25) is 0 Å². The normalized spacial score (nSPS) is 11.9. The summed E-state index contributed by atoms with van der Waals surface area (Å²) in [4.78, 5) is 9.60. The molecule has 0 heterocycles. The van der Waals surface area contributed by atoms with Crippen LogP contribution in [0.5, 0.6) is 0 Å². The van der Waals surface area contributed by atoms with Crippen LogP contribution in [0.4, 0.5) is 11.4 Å². The fraction of sp³-hybridized carbons (Fsp3) is 0.667. The molecule has 0 amide bonds.